The van der Waals surface area contributed by atoms with E-state index in [0.29, 0.717) is 5.92 Å². The molecule has 1 aliphatic rings. The van der Waals surface area contributed by atoms with Gasteiger partial charge in [0.25, 0.3) is 0 Å². The number of carboxylic acids is 1. The zero-order chi connectivity index (χ0) is 24.7. The van der Waals surface area contributed by atoms with Crippen molar-refractivity contribution in [1.82, 2.24) is 9.97 Å². The van der Waals surface area contributed by atoms with Crippen molar-refractivity contribution in [2.45, 2.75) is 109 Å². The lowest BCUT2D eigenvalue weighted by Crippen LogP contribution is -2.13. The molecule has 190 valence electrons. The molecule has 1 N–H and O–H groups in total. The summed E-state index contributed by atoms with van der Waals surface area (Å²) in [6.45, 7) is 2.23. The van der Waals surface area contributed by atoms with Crippen molar-refractivity contribution in [3.05, 3.63) is 59.9 Å². The number of rotatable bonds is 15. The van der Waals surface area contributed by atoms with Crippen LogP contribution in [-0.4, -0.2) is 21.0 Å². The van der Waals surface area contributed by atoms with Crippen LogP contribution in [0.4, 0.5) is 0 Å². The molecule has 1 heterocycles. The minimum absolute atomic E-state index is 0.695. The van der Waals surface area contributed by atoms with Crippen molar-refractivity contribution in [3.8, 4) is 11.4 Å². The van der Waals surface area contributed by atoms with Gasteiger partial charge >= 0.3 is 5.97 Å². The van der Waals surface area contributed by atoms with Crippen molar-refractivity contribution in [3.63, 3.8) is 0 Å². The molecule has 1 aromatic carbocycles. The lowest BCUT2D eigenvalue weighted by atomic mass is 9.77. The minimum Gasteiger partial charge on any atom is -0.478 e. The summed E-state index contributed by atoms with van der Waals surface area (Å²) in [6, 6.07) is 8.99. The average Bonchev–Trinajstić information content (AvgIpc) is 2.89. The van der Waals surface area contributed by atoms with Crippen LogP contribution in [0.3, 0.4) is 0 Å². The number of aromatic nitrogens is 2. The summed E-state index contributed by atoms with van der Waals surface area (Å²) in [5, 5.41) is 8.59. The molecule has 0 aliphatic heterocycles. The third kappa shape index (κ3) is 9.95. The van der Waals surface area contributed by atoms with E-state index in [9.17, 15) is 4.79 Å². The molecule has 0 spiro atoms. The predicted molar refractivity (Wildman–Crippen MR) is 144 cm³/mol. The summed E-state index contributed by atoms with van der Waals surface area (Å²) < 4.78 is 0. The third-order valence-corrected chi connectivity index (χ3v) is 7.50. The number of nitrogens with zero attached hydrogens (tertiary/aromatic N) is 2. The zero-order valence-electron chi connectivity index (χ0n) is 21.6. The molecule has 1 aliphatic carbocycles. The summed E-state index contributed by atoms with van der Waals surface area (Å²) >= 11 is 0. The Kier molecular flexibility index (Phi) is 12.0. The molecular weight excluding hydrogens is 432 g/mol. The summed E-state index contributed by atoms with van der Waals surface area (Å²) in [5.74, 6) is 1.58. The molecule has 1 aromatic heterocycles. The minimum atomic E-state index is -0.843. The van der Waals surface area contributed by atoms with Gasteiger partial charge in [0.15, 0.2) is 5.82 Å². The SMILES string of the molecule is CCCCCc1cnc(-c2ccc([C@H]3CC[C@H](CCCCCCC/C=C/C(=O)O)CC3)cc2)nc1. The van der Waals surface area contributed by atoms with Crippen LogP contribution < -0.4 is 0 Å². The number of carbonyl (C=O) groups is 1. The lowest BCUT2D eigenvalue weighted by molar-refractivity contribution is -0.131. The number of allylic oxidation sites excluding steroid dienone is 1. The van der Waals surface area contributed by atoms with Gasteiger partial charge in [-0.05, 0) is 74.3 Å². The van der Waals surface area contributed by atoms with Gasteiger partial charge in [0, 0.05) is 24.0 Å². The Balaban J connectivity index is 1.32. The molecule has 0 bridgehead atoms. The first-order chi connectivity index (χ1) is 17.2. The van der Waals surface area contributed by atoms with Crippen molar-refractivity contribution < 1.29 is 9.90 Å². The summed E-state index contributed by atoms with van der Waals surface area (Å²) in [6.07, 6.45) is 25.6. The molecule has 2 aromatic rings. The van der Waals surface area contributed by atoms with Crippen molar-refractivity contribution in [2.24, 2.45) is 5.92 Å². The van der Waals surface area contributed by atoms with E-state index in [1.165, 1.54) is 94.3 Å². The van der Waals surface area contributed by atoms with Crippen LogP contribution in [0.1, 0.15) is 114 Å². The Morgan fingerprint density at radius 3 is 2.29 bits per heavy atom. The second-order valence-corrected chi connectivity index (χ2v) is 10.3. The molecular formula is C31H44N2O2. The Hall–Kier alpha value is -2.49. The van der Waals surface area contributed by atoms with Gasteiger partial charge in [0.05, 0.1) is 0 Å². The van der Waals surface area contributed by atoms with E-state index in [1.54, 1.807) is 6.08 Å². The first kappa shape index (κ1) is 27.1. The lowest BCUT2D eigenvalue weighted by Gasteiger charge is -2.29. The third-order valence-electron chi connectivity index (χ3n) is 7.50. The van der Waals surface area contributed by atoms with Gasteiger partial charge in [-0.2, -0.15) is 0 Å². The number of aliphatic carboxylic acids is 1. The first-order valence-corrected chi connectivity index (χ1v) is 14.0. The monoisotopic (exact) mass is 476 g/mol. The van der Waals surface area contributed by atoms with Gasteiger partial charge < -0.3 is 5.11 Å². The van der Waals surface area contributed by atoms with Gasteiger partial charge in [0.1, 0.15) is 0 Å². The fourth-order valence-electron chi connectivity index (χ4n) is 5.31. The zero-order valence-corrected chi connectivity index (χ0v) is 21.6. The molecule has 3 rings (SSSR count). The number of hydrogen-bond donors (Lipinski definition) is 1. The maximum atomic E-state index is 10.4. The highest BCUT2D eigenvalue weighted by Crippen LogP contribution is 2.38. The van der Waals surface area contributed by atoms with Crippen LogP contribution in [0.25, 0.3) is 11.4 Å². The molecule has 1 saturated carbocycles. The van der Waals surface area contributed by atoms with Crippen LogP contribution in [0, 0.1) is 5.92 Å². The quantitative estimate of drug-likeness (QED) is 0.207. The van der Waals surface area contributed by atoms with E-state index < -0.39 is 5.97 Å². The number of hydrogen-bond acceptors (Lipinski definition) is 3. The van der Waals surface area contributed by atoms with Gasteiger partial charge in [-0.1, -0.05) is 82.2 Å². The Morgan fingerprint density at radius 1 is 0.914 bits per heavy atom. The summed E-state index contributed by atoms with van der Waals surface area (Å²) in [5.41, 5.74) is 3.82. The highest BCUT2D eigenvalue weighted by atomic mass is 16.4. The molecule has 0 saturated heterocycles. The first-order valence-electron chi connectivity index (χ1n) is 14.0. The largest absolute Gasteiger partial charge is 0.478 e. The van der Waals surface area contributed by atoms with Crippen LogP contribution in [-0.2, 0) is 11.2 Å². The van der Waals surface area contributed by atoms with Gasteiger partial charge in [-0.15, -0.1) is 0 Å². The smallest absolute Gasteiger partial charge is 0.327 e. The summed E-state index contributed by atoms with van der Waals surface area (Å²) in [4.78, 5) is 19.7. The van der Waals surface area contributed by atoms with E-state index in [0.717, 1.165) is 36.6 Å². The van der Waals surface area contributed by atoms with Crippen molar-refractivity contribution in [2.75, 3.05) is 0 Å². The molecule has 35 heavy (non-hydrogen) atoms. The average molecular weight is 477 g/mol. The molecule has 0 radical (unpaired) electrons. The Morgan fingerprint density at radius 2 is 1.60 bits per heavy atom. The normalized spacial score (nSPS) is 18.2. The molecule has 4 nitrogen and oxygen atoms in total. The molecule has 0 atom stereocenters. The van der Waals surface area contributed by atoms with E-state index >= 15 is 0 Å². The maximum absolute atomic E-state index is 10.4. The number of benzene rings is 1. The molecule has 1 fully saturated rings. The van der Waals surface area contributed by atoms with E-state index in [-0.39, 0.29) is 0 Å². The van der Waals surface area contributed by atoms with Crippen LogP contribution in [0.15, 0.2) is 48.8 Å². The fourth-order valence-corrected chi connectivity index (χ4v) is 5.31. The standard InChI is InChI=1S/C31H44N2O2/c1-2-3-9-13-26-23-32-31(33-24-26)29-21-19-28(20-22-29)27-17-15-25(16-18-27)12-10-7-5-4-6-8-11-14-30(34)35/h11,14,19-25,27H,2-10,12-13,15-18H2,1H3,(H,34,35)/b14-11+/t25-,27-. The van der Waals surface area contributed by atoms with Gasteiger partial charge in [-0.3, -0.25) is 0 Å². The number of aryl methyl sites for hydroxylation is 1. The van der Waals surface area contributed by atoms with E-state index in [2.05, 4.69) is 41.2 Å². The highest BCUT2D eigenvalue weighted by Gasteiger charge is 2.22. The number of carboxylic acid groups (broad SMARTS) is 1. The molecule has 0 unspecified atom stereocenters. The van der Waals surface area contributed by atoms with Crippen LogP contribution >= 0.6 is 0 Å². The Bertz CT molecular complexity index is 881. The topological polar surface area (TPSA) is 63.1 Å². The molecule has 0 amide bonds. The van der Waals surface area contributed by atoms with E-state index in [1.807, 2.05) is 12.4 Å². The highest BCUT2D eigenvalue weighted by molar-refractivity contribution is 5.79. The summed E-state index contributed by atoms with van der Waals surface area (Å²) in [7, 11) is 0. The van der Waals surface area contributed by atoms with Crippen LogP contribution in [0.2, 0.25) is 0 Å². The molecule has 4 heteroatoms. The van der Waals surface area contributed by atoms with Gasteiger partial charge in [0.2, 0.25) is 0 Å². The number of unbranched alkanes of at least 4 members (excludes halogenated alkanes) is 7. The fraction of sp³-hybridized carbons (Fsp3) is 0.581. The Labute approximate surface area is 212 Å². The second kappa shape index (κ2) is 15.5. The second-order valence-electron chi connectivity index (χ2n) is 10.3. The van der Waals surface area contributed by atoms with E-state index in [4.69, 9.17) is 5.11 Å². The van der Waals surface area contributed by atoms with Crippen molar-refractivity contribution in [1.29, 1.82) is 0 Å². The van der Waals surface area contributed by atoms with Gasteiger partial charge in [-0.25, -0.2) is 14.8 Å². The maximum Gasteiger partial charge on any atom is 0.327 e. The van der Waals surface area contributed by atoms with Crippen molar-refractivity contribution >= 4 is 5.97 Å². The predicted octanol–water partition coefficient (Wildman–Crippen LogP) is 8.52. The van der Waals surface area contributed by atoms with Crippen LogP contribution in [0.5, 0.6) is 0 Å².